The Morgan fingerprint density at radius 1 is 1.48 bits per heavy atom. The summed E-state index contributed by atoms with van der Waals surface area (Å²) in [6, 6.07) is 0. The van der Waals surface area contributed by atoms with Crippen LogP contribution in [-0.4, -0.2) is 61.7 Å². The molecule has 4 rings (SSSR count). The van der Waals surface area contributed by atoms with Crippen LogP contribution >= 0.6 is 11.6 Å². The van der Waals surface area contributed by atoms with Gasteiger partial charge in [-0.2, -0.15) is 5.10 Å². The molecule has 0 saturated carbocycles. The van der Waals surface area contributed by atoms with Gasteiger partial charge in [0.1, 0.15) is 11.4 Å². The summed E-state index contributed by atoms with van der Waals surface area (Å²) in [5.41, 5.74) is -0.300. The number of aryl methyl sites for hydroxylation is 1. The SMILES string of the molecule is Cc1onc(C(=O)N2CC3(C2)CC(C)(O)CO3)c1Cn1cc(Cl)cn1. The molecule has 2 aromatic heterocycles. The Balaban J connectivity index is 1.49. The number of hydrogen-bond acceptors (Lipinski definition) is 6. The highest BCUT2D eigenvalue weighted by Gasteiger charge is 2.55. The highest BCUT2D eigenvalue weighted by molar-refractivity contribution is 6.30. The number of aromatic nitrogens is 3. The topological polar surface area (TPSA) is 93.6 Å². The minimum atomic E-state index is -0.829. The monoisotopic (exact) mass is 366 g/mol. The van der Waals surface area contributed by atoms with Gasteiger partial charge in [-0.3, -0.25) is 9.48 Å². The fourth-order valence-corrected chi connectivity index (χ4v) is 3.74. The van der Waals surface area contributed by atoms with Gasteiger partial charge in [0, 0.05) is 18.2 Å². The van der Waals surface area contributed by atoms with E-state index < -0.39 is 11.2 Å². The van der Waals surface area contributed by atoms with E-state index in [1.807, 2.05) is 0 Å². The predicted octanol–water partition coefficient (Wildman–Crippen LogP) is 1.25. The number of nitrogens with zero attached hydrogens (tertiary/aromatic N) is 4. The van der Waals surface area contributed by atoms with Crippen LogP contribution in [0.2, 0.25) is 5.02 Å². The lowest BCUT2D eigenvalue weighted by atomic mass is 9.85. The summed E-state index contributed by atoms with van der Waals surface area (Å²) >= 11 is 5.89. The number of aliphatic hydroxyl groups is 1. The molecule has 9 heteroatoms. The van der Waals surface area contributed by atoms with Gasteiger partial charge in [-0.15, -0.1) is 0 Å². The Kier molecular flexibility index (Phi) is 3.68. The zero-order chi connectivity index (χ0) is 17.8. The number of amides is 1. The Labute approximate surface area is 149 Å². The van der Waals surface area contributed by atoms with Crippen molar-refractivity contribution in [3.63, 3.8) is 0 Å². The molecule has 1 amide bonds. The first-order chi connectivity index (χ1) is 11.8. The third-order valence-corrected chi connectivity index (χ3v) is 4.94. The summed E-state index contributed by atoms with van der Waals surface area (Å²) in [6.07, 6.45) is 3.74. The van der Waals surface area contributed by atoms with Crippen LogP contribution in [0.5, 0.6) is 0 Å². The van der Waals surface area contributed by atoms with Crippen LogP contribution in [0, 0.1) is 6.92 Å². The maximum atomic E-state index is 12.8. The molecule has 1 spiro atoms. The minimum absolute atomic E-state index is 0.203. The minimum Gasteiger partial charge on any atom is -0.388 e. The molecule has 2 aliphatic heterocycles. The molecule has 8 nitrogen and oxygen atoms in total. The number of hydrogen-bond donors (Lipinski definition) is 1. The first-order valence-electron chi connectivity index (χ1n) is 8.06. The number of carbonyl (C=O) groups excluding carboxylic acids is 1. The van der Waals surface area contributed by atoms with Crippen LogP contribution in [0.4, 0.5) is 0 Å². The second kappa shape index (κ2) is 5.55. The number of likely N-dealkylation sites (tertiary alicyclic amines) is 1. The van der Waals surface area contributed by atoms with Gasteiger partial charge in [0.2, 0.25) is 0 Å². The van der Waals surface area contributed by atoms with Gasteiger partial charge < -0.3 is 19.3 Å². The standard InChI is InChI=1S/C16H19ClN4O4/c1-10-12(5-21-4-11(17)3-18-21)13(19-25-10)14(22)20-7-16(8-20)6-15(2,23)9-24-16/h3-4,23H,5-9H2,1-2H3. The summed E-state index contributed by atoms with van der Waals surface area (Å²) < 4.78 is 12.6. The van der Waals surface area contributed by atoms with Crippen molar-refractivity contribution in [2.24, 2.45) is 0 Å². The number of rotatable bonds is 3. The van der Waals surface area contributed by atoms with Crippen molar-refractivity contribution >= 4 is 17.5 Å². The van der Waals surface area contributed by atoms with Crippen LogP contribution in [0.15, 0.2) is 16.9 Å². The number of halogens is 1. The van der Waals surface area contributed by atoms with Gasteiger partial charge in [-0.25, -0.2) is 0 Å². The van der Waals surface area contributed by atoms with Gasteiger partial charge in [0.15, 0.2) is 5.69 Å². The maximum absolute atomic E-state index is 12.8. The van der Waals surface area contributed by atoms with Crippen LogP contribution < -0.4 is 0 Å². The number of ether oxygens (including phenoxy) is 1. The van der Waals surface area contributed by atoms with Crippen molar-refractivity contribution in [2.45, 2.75) is 38.0 Å². The van der Waals surface area contributed by atoms with Crippen molar-refractivity contribution in [3.05, 3.63) is 34.4 Å². The summed E-state index contributed by atoms with van der Waals surface area (Å²) in [5, 5.41) is 18.7. The zero-order valence-electron chi connectivity index (χ0n) is 14.0. The van der Waals surface area contributed by atoms with Crippen LogP contribution in [0.3, 0.4) is 0 Å². The summed E-state index contributed by atoms with van der Waals surface area (Å²) in [7, 11) is 0. The van der Waals surface area contributed by atoms with Gasteiger partial charge >= 0.3 is 0 Å². The first-order valence-corrected chi connectivity index (χ1v) is 8.44. The van der Waals surface area contributed by atoms with E-state index in [9.17, 15) is 9.90 Å². The first kappa shape index (κ1) is 16.6. The van der Waals surface area contributed by atoms with Gasteiger partial charge in [0.05, 0.1) is 43.1 Å². The molecular weight excluding hydrogens is 348 g/mol. The lowest BCUT2D eigenvalue weighted by molar-refractivity contribution is -0.0957. The van der Waals surface area contributed by atoms with E-state index in [4.69, 9.17) is 20.9 Å². The van der Waals surface area contributed by atoms with E-state index in [2.05, 4.69) is 10.3 Å². The van der Waals surface area contributed by atoms with Crippen molar-refractivity contribution in [1.82, 2.24) is 19.8 Å². The normalized spacial score (nSPS) is 24.7. The molecule has 1 atom stereocenters. The largest absolute Gasteiger partial charge is 0.388 e. The molecular formula is C16H19ClN4O4. The highest BCUT2D eigenvalue weighted by atomic mass is 35.5. The maximum Gasteiger partial charge on any atom is 0.276 e. The molecule has 2 fully saturated rings. The molecule has 134 valence electrons. The van der Waals surface area contributed by atoms with E-state index in [0.29, 0.717) is 49.0 Å². The third-order valence-electron chi connectivity index (χ3n) is 4.75. The van der Waals surface area contributed by atoms with Crippen molar-refractivity contribution in [3.8, 4) is 0 Å². The van der Waals surface area contributed by atoms with Crippen molar-refractivity contribution in [2.75, 3.05) is 19.7 Å². The van der Waals surface area contributed by atoms with E-state index in [1.54, 1.807) is 29.6 Å². The quantitative estimate of drug-likeness (QED) is 0.878. The Bertz CT molecular complexity index is 822. The van der Waals surface area contributed by atoms with Crippen molar-refractivity contribution in [1.29, 1.82) is 0 Å². The lowest BCUT2D eigenvalue weighted by Crippen LogP contribution is -2.63. The second-order valence-corrected chi connectivity index (χ2v) is 7.67. The highest BCUT2D eigenvalue weighted by Crippen LogP contribution is 2.40. The molecule has 2 aliphatic rings. The molecule has 1 unspecified atom stereocenters. The molecule has 25 heavy (non-hydrogen) atoms. The van der Waals surface area contributed by atoms with Gasteiger partial charge in [0.25, 0.3) is 5.91 Å². The molecule has 0 bridgehead atoms. The Morgan fingerprint density at radius 2 is 2.24 bits per heavy atom. The molecule has 2 aromatic rings. The van der Waals surface area contributed by atoms with Crippen LogP contribution in [0.1, 0.15) is 35.2 Å². The van der Waals surface area contributed by atoms with Crippen LogP contribution in [0.25, 0.3) is 0 Å². The number of carbonyl (C=O) groups is 1. The Hall–Kier alpha value is -1.90. The van der Waals surface area contributed by atoms with E-state index in [1.165, 1.54) is 6.20 Å². The third kappa shape index (κ3) is 2.94. The van der Waals surface area contributed by atoms with E-state index in [-0.39, 0.29) is 11.6 Å². The molecule has 2 saturated heterocycles. The summed E-state index contributed by atoms with van der Waals surface area (Å²) in [6.45, 7) is 5.05. The average Bonchev–Trinajstić information content (AvgIpc) is 3.16. The smallest absolute Gasteiger partial charge is 0.276 e. The Morgan fingerprint density at radius 3 is 2.84 bits per heavy atom. The van der Waals surface area contributed by atoms with Crippen molar-refractivity contribution < 1.29 is 19.2 Å². The van der Waals surface area contributed by atoms with Gasteiger partial charge in [-0.05, 0) is 13.8 Å². The molecule has 4 heterocycles. The zero-order valence-corrected chi connectivity index (χ0v) is 14.8. The van der Waals surface area contributed by atoms with Crippen LogP contribution in [-0.2, 0) is 11.3 Å². The molecule has 1 N–H and O–H groups in total. The summed E-state index contributed by atoms with van der Waals surface area (Å²) in [4.78, 5) is 14.5. The molecule has 0 radical (unpaired) electrons. The average molecular weight is 367 g/mol. The lowest BCUT2D eigenvalue weighted by Gasteiger charge is -2.46. The second-order valence-electron chi connectivity index (χ2n) is 7.23. The summed E-state index contributed by atoms with van der Waals surface area (Å²) in [5.74, 6) is 0.371. The molecule has 0 aliphatic carbocycles. The van der Waals surface area contributed by atoms with E-state index >= 15 is 0 Å². The molecule has 0 aromatic carbocycles. The fourth-order valence-electron chi connectivity index (χ4n) is 3.58. The van der Waals surface area contributed by atoms with E-state index in [0.717, 1.165) is 0 Å². The predicted molar refractivity (Wildman–Crippen MR) is 87.4 cm³/mol. The fraction of sp³-hybridized carbons (Fsp3) is 0.562. The van der Waals surface area contributed by atoms with Gasteiger partial charge in [-0.1, -0.05) is 16.8 Å².